The fraction of sp³-hybridized carbons (Fsp3) is 0.0667. The van der Waals surface area contributed by atoms with Gasteiger partial charge in [-0.3, -0.25) is 0 Å². The number of pyridine rings is 2. The molecule has 22 heavy (non-hydrogen) atoms. The Balaban J connectivity index is 2.07. The monoisotopic (exact) mass is 321 g/mol. The maximum absolute atomic E-state index is 12.9. The fourth-order valence-corrected chi connectivity index (χ4v) is 2.17. The topological polar surface area (TPSA) is 41.6 Å². The van der Waals surface area contributed by atoms with Crippen molar-refractivity contribution in [3.63, 3.8) is 0 Å². The molecule has 0 saturated carbocycles. The van der Waals surface area contributed by atoms with Crippen LogP contribution >= 0.6 is 11.6 Å². The molecule has 0 saturated heterocycles. The number of nitrogens with zero attached hydrogens (tertiary/aromatic N) is 2. The number of fused-ring (bicyclic) bond motifs is 1. The van der Waals surface area contributed by atoms with E-state index in [1.807, 2.05) is 0 Å². The lowest BCUT2D eigenvalue weighted by Gasteiger charge is -2.07. The molecule has 3 rings (SSSR count). The minimum atomic E-state index is -4.51. The minimum absolute atomic E-state index is 0.336. The van der Waals surface area contributed by atoms with Crippen LogP contribution in [-0.4, -0.2) is 15.0 Å². The molecule has 0 bridgehead atoms. The van der Waals surface area contributed by atoms with Crippen molar-refractivity contribution in [2.24, 2.45) is 0 Å². The van der Waals surface area contributed by atoms with E-state index in [0.29, 0.717) is 21.6 Å². The van der Waals surface area contributed by atoms with E-state index in [0.717, 1.165) is 6.07 Å². The molecule has 3 heterocycles. The van der Waals surface area contributed by atoms with E-state index in [1.165, 1.54) is 18.5 Å². The van der Waals surface area contributed by atoms with E-state index in [2.05, 4.69) is 26.8 Å². The van der Waals surface area contributed by atoms with Gasteiger partial charge in [-0.2, -0.15) is 13.2 Å². The summed E-state index contributed by atoms with van der Waals surface area (Å²) in [7, 11) is 0. The number of hydrogen-bond acceptors (Lipinski definition) is 2. The summed E-state index contributed by atoms with van der Waals surface area (Å²) < 4.78 is 38.6. The first kappa shape index (κ1) is 14.4. The van der Waals surface area contributed by atoms with Crippen molar-refractivity contribution in [1.29, 1.82) is 0 Å². The number of aromatic nitrogens is 3. The summed E-state index contributed by atoms with van der Waals surface area (Å²) in [5.41, 5.74) is -0.300. The van der Waals surface area contributed by atoms with Gasteiger partial charge >= 0.3 is 6.18 Å². The Labute approximate surface area is 128 Å². The summed E-state index contributed by atoms with van der Waals surface area (Å²) in [5.74, 6) is 5.02. The van der Waals surface area contributed by atoms with E-state index in [9.17, 15) is 13.2 Å². The summed E-state index contributed by atoms with van der Waals surface area (Å²) in [6, 6.07) is 3.87. The molecule has 3 nitrogen and oxygen atoms in total. The lowest BCUT2D eigenvalue weighted by molar-refractivity contribution is -0.138. The third-order valence-corrected chi connectivity index (χ3v) is 3.36. The van der Waals surface area contributed by atoms with Gasteiger partial charge in [0.05, 0.1) is 16.1 Å². The lowest BCUT2D eigenvalue weighted by atomic mass is 10.1. The van der Waals surface area contributed by atoms with Crippen molar-refractivity contribution in [3.05, 3.63) is 58.6 Å². The number of H-pyrrole nitrogens is 1. The summed E-state index contributed by atoms with van der Waals surface area (Å²) in [5, 5.41) is 0.994. The largest absolute Gasteiger partial charge is 0.419 e. The highest BCUT2D eigenvalue weighted by molar-refractivity contribution is 6.36. The average Bonchev–Trinajstić information content (AvgIpc) is 2.95. The van der Waals surface area contributed by atoms with Crippen LogP contribution in [0.5, 0.6) is 0 Å². The van der Waals surface area contributed by atoms with E-state index >= 15 is 0 Å². The van der Waals surface area contributed by atoms with Crippen LogP contribution in [0.2, 0.25) is 5.02 Å². The molecule has 3 aromatic heterocycles. The summed E-state index contributed by atoms with van der Waals surface area (Å²) >= 11 is 6.17. The quantitative estimate of drug-likeness (QED) is 0.635. The van der Waals surface area contributed by atoms with Crippen LogP contribution in [0, 0.1) is 11.8 Å². The molecule has 0 aromatic carbocycles. The van der Waals surface area contributed by atoms with Crippen molar-refractivity contribution < 1.29 is 13.2 Å². The Morgan fingerprint density at radius 3 is 2.73 bits per heavy atom. The molecule has 3 aromatic rings. The lowest BCUT2D eigenvalue weighted by Crippen LogP contribution is -2.08. The standard InChI is InChI=1S/C15H7ClF3N3/c16-13-9(8-22-14-10(13)5-7-21-14)3-4-12-11(15(17,18)19)2-1-6-20-12/h1-2,5-8H,(H,21,22). The number of halogens is 4. The third kappa shape index (κ3) is 2.63. The van der Waals surface area contributed by atoms with Crippen LogP contribution in [-0.2, 0) is 6.18 Å². The average molecular weight is 322 g/mol. The number of alkyl halides is 3. The molecule has 0 unspecified atom stereocenters. The Kier molecular flexibility index (Phi) is 3.51. The SMILES string of the molecule is FC(F)(F)c1cccnc1C#Cc1cnc2[nH]ccc2c1Cl. The number of hydrogen-bond donors (Lipinski definition) is 1. The molecule has 1 N–H and O–H groups in total. The molecular formula is C15H7ClF3N3. The van der Waals surface area contributed by atoms with Gasteiger partial charge in [-0.05, 0) is 24.1 Å². The summed E-state index contributed by atoms with van der Waals surface area (Å²) in [6.07, 6.45) is -0.176. The van der Waals surface area contributed by atoms with E-state index in [-0.39, 0.29) is 5.69 Å². The normalized spacial score (nSPS) is 11.3. The van der Waals surface area contributed by atoms with Crippen molar-refractivity contribution in [1.82, 2.24) is 15.0 Å². The number of rotatable bonds is 0. The maximum Gasteiger partial charge on any atom is 0.419 e. The van der Waals surface area contributed by atoms with Crippen LogP contribution in [0.25, 0.3) is 11.0 Å². The zero-order valence-electron chi connectivity index (χ0n) is 10.9. The van der Waals surface area contributed by atoms with Crippen molar-refractivity contribution in [2.75, 3.05) is 0 Å². The highest BCUT2D eigenvalue weighted by Gasteiger charge is 2.33. The van der Waals surface area contributed by atoms with Gasteiger partial charge in [-0.1, -0.05) is 17.5 Å². The van der Waals surface area contributed by atoms with E-state index < -0.39 is 11.7 Å². The predicted molar refractivity (Wildman–Crippen MR) is 76.3 cm³/mol. The van der Waals surface area contributed by atoms with Gasteiger partial charge in [-0.25, -0.2) is 9.97 Å². The first-order valence-electron chi connectivity index (χ1n) is 6.12. The first-order valence-corrected chi connectivity index (χ1v) is 6.50. The van der Waals surface area contributed by atoms with Gasteiger partial charge < -0.3 is 4.98 Å². The smallest absolute Gasteiger partial charge is 0.346 e. The number of aromatic amines is 1. The maximum atomic E-state index is 12.9. The van der Waals surface area contributed by atoms with Crippen LogP contribution in [0.1, 0.15) is 16.8 Å². The molecule has 0 spiro atoms. The molecule has 0 aliphatic rings. The third-order valence-electron chi connectivity index (χ3n) is 2.95. The molecule has 110 valence electrons. The second-order valence-corrected chi connectivity index (χ2v) is 4.75. The van der Waals surface area contributed by atoms with Crippen LogP contribution in [0.3, 0.4) is 0 Å². The summed E-state index contributed by atoms with van der Waals surface area (Å²) in [4.78, 5) is 10.7. The molecular weight excluding hydrogens is 315 g/mol. The number of nitrogens with one attached hydrogen (secondary N) is 1. The minimum Gasteiger partial charge on any atom is -0.346 e. The molecule has 7 heteroatoms. The van der Waals surface area contributed by atoms with Crippen molar-refractivity contribution in [3.8, 4) is 11.8 Å². The zero-order valence-corrected chi connectivity index (χ0v) is 11.6. The Hall–Kier alpha value is -2.52. The zero-order chi connectivity index (χ0) is 15.7. The predicted octanol–water partition coefficient (Wildman–Crippen LogP) is 4.03. The van der Waals surface area contributed by atoms with E-state index in [4.69, 9.17) is 11.6 Å². The van der Waals surface area contributed by atoms with E-state index in [1.54, 1.807) is 12.3 Å². The molecule has 0 aliphatic carbocycles. The Bertz CT molecular complexity index is 904. The second-order valence-electron chi connectivity index (χ2n) is 4.37. The molecule has 0 aliphatic heterocycles. The van der Waals surface area contributed by atoms with Gasteiger partial charge in [0, 0.05) is 24.0 Å². The molecule has 0 atom stereocenters. The highest BCUT2D eigenvalue weighted by atomic mass is 35.5. The van der Waals surface area contributed by atoms with Crippen LogP contribution in [0.15, 0.2) is 36.8 Å². The van der Waals surface area contributed by atoms with Crippen molar-refractivity contribution >= 4 is 22.6 Å². The van der Waals surface area contributed by atoms with Crippen molar-refractivity contribution in [2.45, 2.75) is 6.18 Å². The van der Waals surface area contributed by atoms with Crippen LogP contribution < -0.4 is 0 Å². The van der Waals surface area contributed by atoms with Gasteiger partial charge in [-0.15, -0.1) is 0 Å². The molecule has 0 amide bonds. The van der Waals surface area contributed by atoms with Crippen LogP contribution in [0.4, 0.5) is 13.2 Å². The molecule has 0 radical (unpaired) electrons. The van der Waals surface area contributed by atoms with Gasteiger partial charge in [0.1, 0.15) is 11.3 Å². The Morgan fingerprint density at radius 1 is 1.14 bits per heavy atom. The van der Waals surface area contributed by atoms with Gasteiger partial charge in [0.2, 0.25) is 0 Å². The van der Waals surface area contributed by atoms with Gasteiger partial charge in [0.25, 0.3) is 0 Å². The fourth-order valence-electron chi connectivity index (χ4n) is 1.92. The summed E-state index contributed by atoms with van der Waals surface area (Å²) in [6.45, 7) is 0. The second kappa shape index (κ2) is 5.35. The Morgan fingerprint density at radius 2 is 1.95 bits per heavy atom. The first-order chi connectivity index (χ1) is 10.5. The molecule has 0 fully saturated rings. The highest BCUT2D eigenvalue weighted by Crippen LogP contribution is 2.30. The van der Waals surface area contributed by atoms with Gasteiger partial charge in [0.15, 0.2) is 0 Å².